The summed E-state index contributed by atoms with van der Waals surface area (Å²) in [5.74, 6) is 0.793. The summed E-state index contributed by atoms with van der Waals surface area (Å²) < 4.78 is 11.0. The highest BCUT2D eigenvalue weighted by Crippen LogP contribution is 2.39. The number of alkyl carbamates (subject to hydrolysis) is 2. The number of tetrazole rings is 2. The molecule has 3 aromatic carbocycles. The van der Waals surface area contributed by atoms with E-state index in [2.05, 4.69) is 106 Å². The smallest absolute Gasteiger partial charge is 0.407 e. The van der Waals surface area contributed by atoms with Crippen LogP contribution in [0.25, 0.3) is 44.2 Å². The maximum atomic E-state index is 14.2. The topological polar surface area (TPSA) is 262 Å². The minimum absolute atomic E-state index is 0.00595. The lowest BCUT2D eigenvalue weighted by atomic mass is 9.99. The van der Waals surface area contributed by atoms with Gasteiger partial charge in [0.25, 0.3) is 0 Å². The van der Waals surface area contributed by atoms with Crippen LogP contribution in [0.3, 0.4) is 0 Å². The van der Waals surface area contributed by atoms with Gasteiger partial charge in [0, 0.05) is 18.1 Å². The molecule has 4 aromatic heterocycles. The van der Waals surface area contributed by atoms with Crippen molar-refractivity contribution in [3.05, 3.63) is 85.1 Å². The number of ether oxygens (including phenoxy) is 2. The minimum Gasteiger partial charge on any atom is -0.453 e. The van der Waals surface area contributed by atoms with Crippen LogP contribution in [0.2, 0.25) is 19.1 Å². The number of nitrogens with zero attached hydrogens (tertiary/aromatic N) is 12. The average Bonchev–Trinajstić information content (AvgIpc) is 4.17. The van der Waals surface area contributed by atoms with E-state index in [1.54, 1.807) is 11.1 Å². The Hall–Kier alpha value is -7.56. The molecule has 0 spiro atoms. The molecule has 2 saturated heterocycles. The summed E-state index contributed by atoms with van der Waals surface area (Å²) in [5, 5.41) is 30.1. The SMILES string of the molecule is COC(=O)N[C@@H](Cn1cnnn1)C(=O)N1CCC[C@@H]1c1ncc(-c2ccc(-c3ccc4c(ccc5[nH]c([C@@H]6C[Si](C)(C)CN6C(=O)[C@H](Cn6ncnn6)NC(=O)OC)nc54)c3)cc2)[nH]1. The van der Waals surface area contributed by atoms with E-state index in [4.69, 9.17) is 14.5 Å². The lowest BCUT2D eigenvalue weighted by Gasteiger charge is -2.28. The van der Waals surface area contributed by atoms with Gasteiger partial charge in [-0.05, 0) is 68.7 Å². The van der Waals surface area contributed by atoms with Gasteiger partial charge < -0.3 is 39.9 Å². The van der Waals surface area contributed by atoms with Gasteiger partial charge in [-0.1, -0.05) is 55.6 Å². The quantitative estimate of drug-likeness (QED) is 0.128. The summed E-state index contributed by atoms with van der Waals surface area (Å²) in [5.41, 5.74) is 5.47. The molecule has 9 rings (SSSR count). The third-order valence-electron chi connectivity index (χ3n) is 11.8. The van der Waals surface area contributed by atoms with Crippen LogP contribution in [0.4, 0.5) is 9.59 Å². The highest BCUT2D eigenvalue weighted by atomic mass is 28.3. The molecular formula is C41H46N16O6Si. The fourth-order valence-corrected chi connectivity index (χ4v) is 11.7. The van der Waals surface area contributed by atoms with Crippen LogP contribution in [0, 0.1) is 0 Å². The first-order valence-electron chi connectivity index (χ1n) is 20.8. The number of benzene rings is 3. The zero-order chi connectivity index (χ0) is 44.5. The van der Waals surface area contributed by atoms with Crippen LogP contribution >= 0.6 is 0 Å². The van der Waals surface area contributed by atoms with Gasteiger partial charge in [-0.15, -0.1) is 15.3 Å². The van der Waals surface area contributed by atoms with Gasteiger partial charge in [-0.2, -0.15) is 4.80 Å². The molecule has 0 radical (unpaired) electrons. The van der Waals surface area contributed by atoms with Crippen molar-refractivity contribution in [2.45, 2.75) is 69.2 Å². The van der Waals surface area contributed by atoms with Crippen molar-refractivity contribution in [2.75, 3.05) is 26.9 Å². The van der Waals surface area contributed by atoms with Crippen LogP contribution in [-0.2, 0) is 32.2 Å². The Bertz CT molecular complexity index is 2810. The van der Waals surface area contributed by atoms with Crippen molar-refractivity contribution in [1.29, 1.82) is 0 Å². The van der Waals surface area contributed by atoms with Gasteiger partial charge >= 0.3 is 12.2 Å². The standard InChI is InChI=1S/C41H46N16O6Si/c1-62-40(60)48-31(18-54-22-44-51-53-54)38(58)55-15-5-6-33(55)36-42-17-30(47-36)25-9-7-24(8-10-25)26-11-13-28-27(16-26)12-14-29-35(28)50-37(46-29)34-20-64(3,4)23-56(34)39(59)32(49-41(61)63-2)19-57-45-21-43-52-57/h7-14,16-17,21-22,31-34H,5-6,15,18-20,23H2,1-4H3,(H,42,47)(H,46,50)(H,48,60)(H,49,61)/t31-,32-,33+,34-/m0/s1. The largest absolute Gasteiger partial charge is 0.453 e. The number of fused-ring (bicyclic) bond motifs is 3. The highest BCUT2D eigenvalue weighted by molar-refractivity contribution is 6.78. The molecule has 23 heteroatoms. The Balaban J connectivity index is 0.916. The maximum absolute atomic E-state index is 14.2. The molecule has 330 valence electrons. The van der Waals surface area contributed by atoms with Crippen LogP contribution in [0.15, 0.2) is 73.4 Å². The molecule has 4 atom stereocenters. The Morgan fingerprint density at radius 2 is 1.56 bits per heavy atom. The molecular weight excluding hydrogens is 841 g/mol. The van der Waals surface area contributed by atoms with E-state index >= 15 is 0 Å². The number of methoxy groups -OCH3 is 2. The molecule has 2 aliphatic rings. The lowest BCUT2D eigenvalue weighted by molar-refractivity contribution is -0.135. The second-order valence-corrected chi connectivity index (χ2v) is 21.8. The van der Waals surface area contributed by atoms with Crippen molar-refractivity contribution in [3.63, 3.8) is 0 Å². The van der Waals surface area contributed by atoms with Crippen LogP contribution in [0.5, 0.6) is 0 Å². The molecule has 2 aliphatic heterocycles. The van der Waals surface area contributed by atoms with Gasteiger partial charge in [0.05, 0.1) is 70.4 Å². The minimum atomic E-state index is -1.88. The van der Waals surface area contributed by atoms with Gasteiger partial charge in [0.15, 0.2) is 6.33 Å². The number of hydrogen-bond donors (Lipinski definition) is 4. The number of carbonyl (C=O) groups excluding carboxylic acids is 4. The summed E-state index contributed by atoms with van der Waals surface area (Å²) in [7, 11) is 0.614. The average molecular weight is 887 g/mol. The second-order valence-electron chi connectivity index (χ2n) is 16.7. The van der Waals surface area contributed by atoms with Crippen molar-refractivity contribution in [3.8, 4) is 22.4 Å². The monoisotopic (exact) mass is 886 g/mol. The van der Waals surface area contributed by atoms with E-state index in [0.717, 1.165) is 56.7 Å². The Labute approximate surface area is 366 Å². The van der Waals surface area contributed by atoms with E-state index in [1.165, 1.54) is 36.4 Å². The van der Waals surface area contributed by atoms with Gasteiger partial charge in [-0.3, -0.25) is 9.59 Å². The molecule has 22 nitrogen and oxygen atoms in total. The Morgan fingerprint density at radius 3 is 2.28 bits per heavy atom. The fraction of sp³-hybridized carbons (Fsp3) is 0.366. The number of amides is 4. The predicted molar refractivity (Wildman–Crippen MR) is 231 cm³/mol. The van der Waals surface area contributed by atoms with Crippen LogP contribution < -0.4 is 10.6 Å². The number of imidazole rings is 2. The Morgan fingerprint density at radius 1 is 0.828 bits per heavy atom. The Kier molecular flexibility index (Phi) is 11.3. The summed E-state index contributed by atoms with van der Waals surface area (Å²) in [6.45, 7) is 5.03. The molecule has 2 fully saturated rings. The molecule has 0 bridgehead atoms. The molecule has 64 heavy (non-hydrogen) atoms. The summed E-state index contributed by atoms with van der Waals surface area (Å²) in [4.78, 5) is 74.0. The molecule has 0 unspecified atom stereocenters. The lowest BCUT2D eigenvalue weighted by Crippen LogP contribution is -2.51. The van der Waals surface area contributed by atoms with Gasteiger partial charge in [0.2, 0.25) is 11.8 Å². The molecule has 4 amide bonds. The number of H-pyrrole nitrogens is 2. The zero-order valence-electron chi connectivity index (χ0n) is 35.5. The first-order valence-corrected chi connectivity index (χ1v) is 24.2. The molecule has 4 N–H and O–H groups in total. The van der Waals surface area contributed by atoms with Gasteiger partial charge in [-0.25, -0.2) is 24.2 Å². The molecule has 0 saturated carbocycles. The van der Waals surface area contributed by atoms with Crippen molar-refractivity contribution in [1.82, 2.24) is 80.8 Å². The van der Waals surface area contributed by atoms with E-state index in [1.807, 2.05) is 23.1 Å². The number of hydrogen-bond acceptors (Lipinski definition) is 14. The number of rotatable bonds is 12. The van der Waals surface area contributed by atoms with E-state index in [9.17, 15) is 19.2 Å². The first-order chi connectivity index (χ1) is 31.0. The second kappa shape index (κ2) is 17.3. The summed E-state index contributed by atoms with van der Waals surface area (Å²) >= 11 is 0. The summed E-state index contributed by atoms with van der Waals surface area (Å²) in [6, 6.07) is 16.8. The van der Waals surface area contributed by atoms with Gasteiger partial charge in [0.1, 0.15) is 30.1 Å². The first kappa shape index (κ1) is 41.8. The zero-order valence-corrected chi connectivity index (χ0v) is 36.5. The third-order valence-corrected chi connectivity index (χ3v) is 14.5. The maximum Gasteiger partial charge on any atom is 0.407 e. The number of nitrogens with one attached hydrogen (secondary N) is 4. The van der Waals surface area contributed by atoms with E-state index in [0.29, 0.717) is 30.8 Å². The highest BCUT2D eigenvalue weighted by Gasteiger charge is 2.45. The van der Waals surface area contributed by atoms with Crippen molar-refractivity contribution in [2.24, 2.45) is 0 Å². The summed E-state index contributed by atoms with van der Waals surface area (Å²) in [6.07, 6.45) is 5.04. The number of aromatic amines is 2. The molecule has 6 heterocycles. The fourth-order valence-electron chi connectivity index (χ4n) is 8.77. The van der Waals surface area contributed by atoms with E-state index in [-0.39, 0.29) is 37.0 Å². The number of likely N-dealkylation sites (tertiary alicyclic amines) is 1. The van der Waals surface area contributed by atoms with E-state index < -0.39 is 32.3 Å². The van der Waals surface area contributed by atoms with Crippen LogP contribution in [0.1, 0.15) is 36.6 Å². The molecule has 7 aromatic rings. The van der Waals surface area contributed by atoms with Crippen molar-refractivity contribution < 1.29 is 28.7 Å². The molecule has 0 aliphatic carbocycles. The normalized spacial score (nSPS) is 18.0. The third kappa shape index (κ3) is 8.47. The number of aromatic nitrogens is 12. The van der Waals surface area contributed by atoms with Crippen LogP contribution in [-0.4, -0.2) is 141 Å². The van der Waals surface area contributed by atoms with Crippen molar-refractivity contribution >= 4 is 53.9 Å². The predicted octanol–water partition coefficient (Wildman–Crippen LogP) is 3.39. The number of carbonyl (C=O) groups is 4.